The van der Waals surface area contributed by atoms with E-state index in [4.69, 9.17) is 4.74 Å². The number of carbonyl (C=O) groups is 1. The van der Waals surface area contributed by atoms with Gasteiger partial charge in [0.05, 0.1) is 31.6 Å². The lowest BCUT2D eigenvalue weighted by atomic mass is 9.81. The van der Waals surface area contributed by atoms with Gasteiger partial charge in [-0.1, -0.05) is 6.07 Å². The Hall–Kier alpha value is -3.50. The van der Waals surface area contributed by atoms with E-state index in [2.05, 4.69) is 48.8 Å². The van der Waals surface area contributed by atoms with E-state index in [1.165, 1.54) is 17.3 Å². The maximum Gasteiger partial charge on any atom is 0.254 e. The third-order valence-electron chi connectivity index (χ3n) is 8.49. The number of piperazine rings is 1. The van der Waals surface area contributed by atoms with Crippen molar-refractivity contribution < 1.29 is 13.9 Å². The molecular weight excluding hydrogens is 509 g/mol. The fourth-order valence-corrected chi connectivity index (χ4v) is 6.27. The summed E-state index contributed by atoms with van der Waals surface area (Å²) in [5.74, 6) is 0.490. The van der Waals surface area contributed by atoms with E-state index in [9.17, 15) is 9.18 Å². The minimum atomic E-state index is -0.488. The number of rotatable bonds is 9. The molecule has 40 heavy (non-hydrogen) atoms. The number of likely N-dealkylation sites (N-methyl/N-ethyl adjacent to an activating group) is 1. The Balaban J connectivity index is 1.36. The minimum Gasteiger partial charge on any atom is -0.491 e. The molecule has 1 saturated heterocycles. The Morgan fingerprint density at radius 3 is 2.60 bits per heavy atom. The number of ether oxygens (including phenoxy) is 1. The van der Waals surface area contributed by atoms with Crippen LogP contribution in [0.15, 0.2) is 36.8 Å². The van der Waals surface area contributed by atoms with Gasteiger partial charge in [0.25, 0.3) is 5.91 Å². The van der Waals surface area contributed by atoms with Crippen LogP contribution in [0.1, 0.15) is 52.5 Å². The van der Waals surface area contributed by atoms with Crippen LogP contribution >= 0.6 is 0 Å². The van der Waals surface area contributed by atoms with Gasteiger partial charge >= 0.3 is 0 Å². The number of amides is 1. The number of anilines is 1. The number of fused-ring (bicyclic) bond motifs is 2. The number of halogens is 1. The summed E-state index contributed by atoms with van der Waals surface area (Å²) in [6.45, 7) is 8.77. The Labute approximate surface area is 234 Å². The standard InChI is InChI=1S/C30H38FN7O2/c1-4-40-26-15-23(34-16-25(26)31)19-38-20-30(5-6-30)27-22(18-36-11-9-35(3)10-12-36)13-21(14-24(27)28(38)39)17-37-8-7-33-29(37)32-2/h7-8,13-16H,4-6,9-12,17-20H2,1-3H3,(H,32,33). The molecule has 3 aromatic rings. The monoisotopic (exact) mass is 547 g/mol. The smallest absolute Gasteiger partial charge is 0.254 e. The van der Waals surface area contributed by atoms with Gasteiger partial charge in [-0.15, -0.1) is 0 Å². The maximum absolute atomic E-state index is 14.2. The van der Waals surface area contributed by atoms with Crippen molar-refractivity contribution >= 4 is 11.9 Å². The zero-order valence-corrected chi connectivity index (χ0v) is 23.6. The van der Waals surface area contributed by atoms with Crippen molar-refractivity contribution in [2.75, 3.05) is 58.7 Å². The first-order chi connectivity index (χ1) is 19.4. The summed E-state index contributed by atoms with van der Waals surface area (Å²) in [4.78, 5) is 29.6. The van der Waals surface area contributed by atoms with Gasteiger partial charge in [0.2, 0.25) is 5.95 Å². The molecule has 6 rings (SSSR count). The molecule has 2 aromatic heterocycles. The van der Waals surface area contributed by atoms with E-state index in [0.717, 1.165) is 62.6 Å². The first-order valence-corrected chi connectivity index (χ1v) is 14.2. The molecule has 0 unspecified atom stereocenters. The molecule has 1 saturated carbocycles. The number of hydrogen-bond acceptors (Lipinski definition) is 7. The van der Waals surface area contributed by atoms with Gasteiger partial charge in [0.1, 0.15) is 0 Å². The molecule has 1 aliphatic carbocycles. The van der Waals surface area contributed by atoms with E-state index < -0.39 is 5.82 Å². The molecule has 10 heteroatoms. The second-order valence-electron chi connectivity index (χ2n) is 11.4. The molecular formula is C30H38FN7O2. The predicted octanol–water partition coefficient (Wildman–Crippen LogP) is 3.34. The average molecular weight is 548 g/mol. The fraction of sp³-hybridized carbons (Fsp3) is 0.500. The number of pyridine rings is 1. The van der Waals surface area contributed by atoms with Crippen LogP contribution in [-0.2, 0) is 25.0 Å². The summed E-state index contributed by atoms with van der Waals surface area (Å²) in [6, 6.07) is 6.02. The summed E-state index contributed by atoms with van der Waals surface area (Å²) in [6.07, 6.45) is 7.05. The molecule has 1 aromatic carbocycles. The molecule has 3 aliphatic rings. The van der Waals surface area contributed by atoms with Crippen LogP contribution in [0.25, 0.3) is 0 Å². The molecule has 2 aliphatic heterocycles. The van der Waals surface area contributed by atoms with Crippen molar-refractivity contribution in [2.24, 2.45) is 0 Å². The summed E-state index contributed by atoms with van der Waals surface area (Å²) >= 11 is 0. The summed E-state index contributed by atoms with van der Waals surface area (Å²) in [5.41, 5.74) is 4.98. The Morgan fingerprint density at radius 2 is 1.88 bits per heavy atom. The highest BCUT2D eigenvalue weighted by Gasteiger charge is 2.52. The highest BCUT2D eigenvalue weighted by molar-refractivity contribution is 5.98. The normalized spacial score (nSPS) is 18.7. The molecule has 0 bridgehead atoms. The lowest BCUT2D eigenvalue weighted by Gasteiger charge is -2.38. The number of carbonyl (C=O) groups excluding carboxylic acids is 1. The van der Waals surface area contributed by atoms with Gasteiger partial charge < -0.3 is 24.4 Å². The Morgan fingerprint density at radius 1 is 1.07 bits per heavy atom. The van der Waals surface area contributed by atoms with Gasteiger partial charge in [0.15, 0.2) is 11.6 Å². The molecule has 1 N–H and O–H groups in total. The summed E-state index contributed by atoms with van der Waals surface area (Å²) in [7, 11) is 4.03. The molecule has 4 heterocycles. The number of nitrogens with zero attached hydrogens (tertiary/aromatic N) is 6. The van der Waals surface area contributed by atoms with E-state index in [1.54, 1.807) is 12.3 Å². The molecule has 212 valence electrons. The zero-order chi connectivity index (χ0) is 27.9. The van der Waals surface area contributed by atoms with Gasteiger partial charge in [-0.3, -0.25) is 14.7 Å². The van der Waals surface area contributed by atoms with Crippen molar-refractivity contribution in [3.8, 4) is 5.75 Å². The van der Waals surface area contributed by atoms with Crippen LogP contribution in [0.4, 0.5) is 10.3 Å². The maximum atomic E-state index is 14.2. The minimum absolute atomic E-state index is 0.0116. The third-order valence-corrected chi connectivity index (χ3v) is 8.49. The predicted molar refractivity (Wildman–Crippen MR) is 151 cm³/mol. The van der Waals surface area contributed by atoms with E-state index in [1.807, 2.05) is 25.1 Å². The van der Waals surface area contributed by atoms with Crippen LogP contribution in [-0.4, -0.2) is 88.6 Å². The van der Waals surface area contributed by atoms with Crippen LogP contribution in [0, 0.1) is 5.82 Å². The Kier molecular flexibility index (Phi) is 7.22. The number of hydrogen-bond donors (Lipinski definition) is 1. The number of benzene rings is 1. The molecule has 0 atom stereocenters. The third kappa shape index (κ3) is 5.17. The van der Waals surface area contributed by atoms with Crippen LogP contribution in [0.2, 0.25) is 0 Å². The number of imidazole rings is 1. The SMILES string of the molecule is CCOc1cc(CN2CC3(CC3)c3c(CN4CCN(C)CC4)cc(Cn4ccnc4NC)cc3C2=O)ncc1F. The molecule has 9 nitrogen and oxygen atoms in total. The first kappa shape index (κ1) is 26.7. The van der Waals surface area contributed by atoms with Crippen LogP contribution < -0.4 is 10.1 Å². The van der Waals surface area contributed by atoms with Crippen molar-refractivity contribution in [1.29, 1.82) is 0 Å². The number of aromatic nitrogens is 3. The van der Waals surface area contributed by atoms with Gasteiger partial charge in [0, 0.05) is 75.8 Å². The zero-order valence-electron chi connectivity index (χ0n) is 23.6. The second-order valence-corrected chi connectivity index (χ2v) is 11.4. The highest BCUT2D eigenvalue weighted by atomic mass is 19.1. The summed E-state index contributed by atoms with van der Waals surface area (Å²) in [5, 5.41) is 3.15. The lowest BCUT2D eigenvalue weighted by molar-refractivity contribution is 0.0694. The highest BCUT2D eigenvalue weighted by Crippen LogP contribution is 2.54. The molecule has 2 fully saturated rings. The molecule has 1 spiro atoms. The van der Waals surface area contributed by atoms with E-state index in [-0.39, 0.29) is 17.1 Å². The van der Waals surface area contributed by atoms with E-state index >= 15 is 0 Å². The van der Waals surface area contributed by atoms with Crippen molar-refractivity contribution in [3.63, 3.8) is 0 Å². The van der Waals surface area contributed by atoms with Crippen molar-refractivity contribution in [2.45, 2.75) is 44.8 Å². The summed E-state index contributed by atoms with van der Waals surface area (Å²) < 4.78 is 21.7. The first-order valence-electron chi connectivity index (χ1n) is 14.2. The molecule has 0 radical (unpaired) electrons. The molecule has 1 amide bonds. The average Bonchev–Trinajstić information content (AvgIpc) is 3.57. The van der Waals surface area contributed by atoms with Crippen molar-refractivity contribution in [3.05, 3.63) is 70.6 Å². The van der Waals surface area contributed by atoms with Gasteiger partial charge in [-0.25, -0.2) is 9.37 Å². The number of nitrogens with one attached hydrogen (secondary N) is 1. The van der Waals surface area contributed by atoms with Gasteiger partial charge in [-0.2, -0.15) is 0 Å². The van der Waals surface area contributed by atoms with Crippen molar-refractivity contribution in [1.82, 2.24) is 29.2 Å². The van der Waals surface area contributed by atoms with Crippen LogP contribution in [0.5, 0.6) is 5.75 Å². The fourth-order valence-electron chi connectivity index (χ4n) is 6.27. The lowest BCUT2D eigenvalue weighted by Crippen LogP contribution is -2.46. The van der Waals surface area contributed by atoms with E-state index in [0.29, 0.717) is 31.9 Å². The van der Waals surface area contributed by atoms with Gasteiger partial charge in [-0.05, 0) is 49.6 Å². The quantitative estimate of drug-likeness (QED) is 0.440. The second kappa shape index (κ2) is 10.8. The largest absolute Gasteiger partial charge is 0.491 e. The van der Waals surface area contributed by atoms with Crippen LogP contribution in [0.3, 0.4) is 0 Å². The Bertz CT molecular complexity index is 1390. The topological polar surface area (TPSA) is 78.8 Å².